The lowest BCUT2D eigenvalue weighted by Crippen LogP contribution is -2.25. The van der Waals surface area contributed by atoms with Crippen LogP contribution < -0.4 is 10.2 Å². The standard InChI is InChI=1S/C15H18N4O2/c1-16-8-11-6-7-18(10-11)15-12-4-2-3-5-13(12)17-9-14(15)19(20)21/h2-5,9,11,16H,6-8,10H2,1H3. The summed E-state index contributed by atoms with van der Waals surface area (Å²) in [6, 6.07) is 7.61. The van der Waals surface area contributed by atoms with Crippen molar-refractivity contribution in [2.24, 2.45) is 5.92 Å². The van der Waals surface area contributed by atoms with Crippen LogP contribution in [0.15, 0.2) is 30.5 Å². The van der Waals surface area contributed by atoms with Gasteiger partial charge in [-0.1, -0.05) is 18.2 Å². The number of hydrogen-bond donors (Lipinski definition) is 1. The predicted octanol–water partition coefficient (Wildman–Crippen LogP) is 2.19. The van der Waals surface area contributed by atoms with E-state index in [1.54, 1.807) is 0 Å². The second-order valence-electron chi connectivity index (χ2n) is 5.42. The molecule has 2 heterocycles. The Bertz CT molecular complexity index is 674. The zero-order chi connectivity index (χ0) is 14.8. The summed E-state index contributed by atoms with van der Waals surface area (Å²) >= 11 is 0. The zero-order valence-electron chi connectivity index (χ0n) is 12.0. The molecule has 6 heteroatoms. The molecule has 1 fully saturated rings. The number of nitrogens with zero attached hydrogens (tertiary/aromatic N) is 3. The Hall–Kier alpha value is -2.21. The minimum absolute atomic E-state index is 0.0961. The van der Waals surface area contributed by atoms with Crippen molar-refractivity contribution in [3.8, 4) is 0 Å². The van der Waals surface area contributed by atoms with E-state index in [4.69, 9.17) is 0 Å². The molecule has 1 unspecified atom stereocenters. The van der Waals surface area contributed by atoms with E-state index in [1.807, 2.05) is 31.3 Å². The number of nitrogens with one attached hydrogen (secondary N) is 1. The molecule has 110 valence electrons. The molecule has 21 heavy (non-hydrogen) atoms. The Morgan fingerprint density at radius 1 is 1.48 bits per heavy atom. The first-order valence-corrected chi connectivity index (χ1v) is 7.12. The molecule has 0 aliphatic carbocycles. The predicted molar refractivity (Wildman–Crippen MR) is 82.6 cm³/mol. The molecule has 1 saturated heterocycles. The third kappa shape index (κ3) is 2.54. The maximum atomic E-state index is 11.4. The molecule has 1 aliphatic rings. The molecule has 2 aromatic rings. The lowest BCUT2D eigenvalue weighted by Gasteiger charge is -2.20. The van der Waals surface area contributed by atoms with Gasteiger partial charge in [0.1, 0.15) is 11.9 Å². The molecule has 6 nitrogen and oxygen atoms in total. The first-order chi connectivity index (χ1) is 10.2. The summed E-state index contributed by atoms with van der Waals surface area (Å²) in [5, 5.41) is 15.4. The quantitative estimate of drug-likeness (QED) is 0.689. The van der Waals surface area contributed by atoms with Gasteiger partial charge in [-0.25, -0.2) is 4.98 Å². The van der Waals surface area contributed by atoms with Crippen molar-refractivity contribution < 1.29 is 4.92 Å². The lowest BCUT2D eigenvalue weighted by molar-refractivity contribution is -0.384. The van der Waals surface area contributed by atoms with Crippen LogP contribution in [0.25, 0.3) is 10.9 Å². The van der Waals surface area contributed by atoms with E-state index in [2.05, 4.69) is 15.2 Å². The summed E-state index contributed by atoms with van der Waals surface area (Å²) in [5.41, 5.74) is 1.61. The highest BCUT2D eigenvalue weighted by Gasteiger charge is 2.29. The van der Waals surface area contributed by atoms with Crippen LogP contribution in [-0.2, 0) is 0 Å². The monoisotopic (exact) mass is 286 g/mol. The molecule has 0 spiro atoms. The van der Waals surface area contributed by atoms with Crippen LogP contribution in [0.3, 0.4) is 0 Å². The SMILES string of the molecule is CNCC1CCN(c2c([N+](=O)[O-])cnc3ccccc23)C1. The van der Waals surface area contributed by atoms with Gasteiger partial charge in [0.25, 0.3) is 0 Å². The molecule has 1 aromatic carbocycles. The maximum absolute atomic E-state index is 11.4. The molecule has 0 bridgehead atoms. The van der Waals surface area contributed by atoms with Gasteiger partial charge in [0.2, 0.25) is 0 Å². The number of fused-ring (bicyclic) bond motifs is 1. The summed E-state index contributed by atoms with van der Waals surface area (Å²) in [4.78, 5) is 17.4. The molecule has 1 aliphatic heterocycles. The largest absolute Gasteiger partial charge is 0.365 e. The highest BCUT2D eigenvalue weighted by atomic mass is 16.6. The second-order valence-corrected chi connectivity index (χ2v) is 5.42. The molecule has 1 aromatic heterocycles. The van der Waals surface area contributed by atoms with Crippen molar-refractivity contribution in [1.82, 2.24) is 10.3 Å². The van der Waals surface area contributed by atoms with E-state index >= 15 is 0 Å². The highest BCUT2D eigenvalue weighted by Crippen LogP contribution is 2.37. The van der Waals surface area contributed by atoms with E-state index in [0.29, 0.717) is 11.6 Å². The first kappa shape index (κ1) is 13.8. The van der Waals surface area contributed by atoms with Gasteiger partial charge in [-0.2, -0.15) is 0 Å². The molecule has 0 saturated carbocycles. The van der Waals surface area contributed by atoms with E-state index in [9.17, 15) is 10.1 Å². The number of pyridine rings is 1. The molecular formula is C15H18N4O2. The number of nitro groups is 1. The Morgan fingerprint density at radius 3 is 3.05 bits per heavy atom. The van der Waals surface area contributed by atoms with Gasteiger partial charge in [0.05, 0.1) is 10.4 Å². The fourth-order valence-corrected chi connectivity index (χ4v) is 3.07. The van der Waals surface area contributed by atoms with Crippen LogP contribution in [0.4, 0.5) is 11.4 Å². The summed E-state index contributed by atoms with van der Waals surface area (Å²) in [7, 11) is 1.94. The van der Waals surface area contributed by atoms with Crippen LogP contribution in [0.5, 0.6) is 0 Å². The number of aromatic nitrogens is 1. The lowest BCUT2D eigenvalue weighted by atomic mass is 10.1. The maximum Gasteiger partial charge on any atom is 0.311 e. The second kappa shape index (κ2) is 5.65. The molecule has 0 amide bonds. The highest BCUT2D eigenvalue weighted by molar-refractivity contribution is 5.96. The van der Waals surface area contributed by atoms with Crippen LogP contribution in [0.1, 0.15) is 6.42 Å². The summed E-state index contributed by atoms with van der Waals surface area (Å²) in [6.07, 6.45) is 2.43. The van der Waals surface area contributed by atoms with Crippen molar-refractivity contribution >= 4 is 22.3 Å². The van der Waals surface area contributed by atoms with Crippen LogP contribution in [0.2, 0.25) is 0 Å². The molecular weight excluding hydrogens is 268 g/mol. The third-order valence-electron chi connectivity index (χ3n) is 4.02. The Labute approximate surface area is 122 Å². The fourth-order valence-electron chi connectivity index (χ4n) is 3.07. The Morgan fingerprint density at radius 2 is 2.29 bits per heavy atom. The van der Waals surface area contributed by atoms with Crippen LogP contribution in [-0.4, -0.2) is 36.6 Å². The number of hydrogen-bond acceptors (Lipinski definition) is 5. The van der Waals surface area contributed by atoms with E-state index in [1.165, 1.54) is 6.20 Å². The average molecular weight is 286 g/mol. The summed E-state index contributed by atoms with van der Waals surface area (Å²) < 4.78 is 0. The van der Waals surface area contributed by atoms with Gasteiger partial charge in [-0.05, 0) is 32.0 Å². The number of benzene rings is 1. The average Bonchev–Trinajstić information content (AvgIpc) is 2.94. The summed E-state index contributed by atoms with van der Waals surface area (Å²) in [5.74, 6) is 0.529. The van der Waals surface area contributed by atoms with Crippen molar-refractivity contribution in [2.75, 3.05) is 31.6 Å². The van der Waals surface area contributed by atoms with Gasteiger partial charge in [-0.15, -0.1) is 0 Å². The van der Waals surface area contributed by atoms with E-state index in [0.717, 1.165) is 37.0 Å². The van der Waals surface area contributed by atoms with Gasteiger partial charge in [0.15, 0.2) is 0 Å². The third-order valence-corrected chi connectivity index (χ3v) is 4.02. The molecule has 3 rings (SSSR count). The molecule has 1 atom stereocenters. The van der Waals surface area contributed by atoms with Crippen molar-refractivity contribution in [3.05, 3.63) is 40.6 Å². The van der Waals surface area contributed by atoms with Crippen molar-refractivity contribution in [3.63, 3.8) is 0 Å². The zero-order valence-corrected chi connectivity index (χ0v) is 12.0. The van der Waals surface area contributed by atoms with Gasteiger partial charge in [0, 0.05) is 18.5 Å². The molecule has 1 N–H and O–H groups in total. The van der Waals surface area contributed by atoms with Gasteiger partial charge >= 0.3 is 5.69 Å². The Kier molecular flexibility index (Phi) is 3.70. The number of rotatable bonds is 4. The number of para-hydroxylation sites is 1. The summed E-state index contributed by atoms with van der Waals surface area (Å²) in [6.45, 7) is 2.63. The van der Waals surface area contributed by atoms with Crippen LogP contribution in [0, 0.1) is 16.0 Å². The van der Waals surface area contributed by atoms with Crippen molar-refractivity contribution in [1.29, 1.82) is 0 Å². The van der Waals surface area contributed by atoms with E-state index in [-0.39, 0.29) is 10.6 Å². The normalized spacial score (nSPS) is 18.3. The van der Waals surface area contributed by atoms with E-state index < -0.39 is 0 Å². The fraction of sp³-hybridized carbons (Fsp3) is 0.400. The van der Waals surface area contributed by atoms with Crippen molar-refractivity contribution in [2.45, 2.75) is 6.42 Å². The Balaban J connectivity index is 2.07. The van der Waals surface area contributed by atoms with Gasteiger partial charge in [-0.3, -0.25) is 10.1 Å². The minimum atomic E-state index is -0.333. The molecule has 0 radical (unpaired) electrons. The first-order valence-electron chi connectivity index (χ1n) is 7.12. The number of anilines is 1. The minimum Gasteiger partial charge on any atom is -0.365 e. The van der Waals surface area contributed by atoms with Gasteiger partial charge < -0.3 is 10.2 Å². The smallest absolute Gasteiger partial charge is 0.311 e. The van der Waals surface area contributed by atoms with Crippen LogP contribution >= 0.6 is 0 Å². The topological polar surface area (TPSA) is 71.3 Å².